The lowest BCUT2D eigenvalue weighted by Gasteiger charge is -2.22. The summed E-state index contributed by atoms with van der Waals surface area (Å²) in [6.45, 7) is 2.16. The molecular weight excluding hydrogens is 646 g/mol. The van der Waals surface area contributed by atoms with Crippen LogP contribution in [0.4, 0.5) is 9.59 Å². The molecule has 13 heteroatoms. The lowest BCUT2D eigenvalue weighted by Crippen LogP contribution is -2.47. The summed E-state index contributed by atoms with van der Waals surface area (Å²) in [6, 6.07) is 17.2. The molecule has 0 aliphatic heterocycles. The van der Waals surface area contributed by atoms with E-state index >= 15 is 0 Å². The second kappa shape index (κ2) is 20.4. The van der Waals surface area contributed by atoms with Crippen molar-refractivity contribution >= 4 is 41.0 Å². The van der Waals surface area contributed by atoms with Crippen LogP contribution in [0.15, 0.2) is 65.1 Å². The van der Waals surface area contributed by atoms with Crippen LogP contribution in [0.1, 0.15) is 93.7 Å². The number of nitrogens with one attached hydrogen (secondary N) is 3. The molecule has 3 amide bonds. The van der Waals surface area contributed by atoms with Gasteiger partial charge < -0.3 is 39.3 Å². The average Bonchev–Trinajstić information content (AvgIpc) is 3.55. The number of carbonyl (C=O) groups excluding carboxylic acids is 5. The van der Waals surface area contributed by atoms with E-state index < -0.39 is 36.5 Å². The minimum Gasteiger partial charge on any atom is -0.451 e. The van der Waals surface area contributed by atoms with Crippen molar-refractivity contribution in [2.75, 3.05) is 13.1 Å². The highest BCUT2D eigenvalue weighted by atomic mass is 16.8. The Morgan fingerprint density at radius 2 is 1.58 bits per heavy atom. The summed E-state index contributed by atoms with van der Waals surface area (Å²) in [5.41, 5.74) is 1.42. The van der Waals surface area contributed by atoms with E-state index in [0.29, 0.717) is 37.8 Å². The third-order valence-corrected chi connectivity index (χ3v) is 8.15. The van der Waals surface area contributed by atoms with Crippen LogP contribution in [-0.2, 0) is 35.1 Å². The van der Waals surface area contributed by atoms with Gasteiger partial charge in [-0.3, -0.25) is 14.4 Å². The molecule has 0 saturated heterocycles. The molecule has 1 saturated carbocycles. The zero-order valence-electron chi connectivity index (χ0n) is 28.5. The highest BCUT2D eigenvalue weighted by Gasteiger charge is 2.24. The van der Waals surface area contributed by atoms with E-state index in [-0.39, 0.29) is 43.8 Å². The number of ether oxygens (including phenoxy) is 4. The molecule has 1 heterocycles. The van der Waals surface area contributed by atoms with Gasteiger partial charge in [-0.15, -0.1) is 0 Å². The first-order chi connectivity index (χ1) is 24.3. The molecule has 0 bridgehead atoms. The number of para-hydroxylation sites is 1. The molecule has 1 unspecified atom stereocenters. The number of unbranched alkanes of at least 4 members (excludes halogenated alkanes) is 2. The lowest BCUT2D eigenvalue weighted by atomic mass is 9.98. The highest BCUT2D eigenvalue weighted by molar-refractivity contribution is 5.98. The molecule has 270 valence electrons. The first-order valence-electron chi connectivity index (χ1n) is 17.4. The van der Waals surface area contributed by atoms with E-state index in [4.69, 9.17) is 23.4 Å². The van der Waals surface area contributed by atoms with Crippen LogP contribution in [0.25, 0.3) is 11.0 Å². The zero-order valence-corrected chi connectivity index (χ0v) is 28.5. The Bertz CT molecular complexity index is 1500. The number of fused-ring (bicyclic) bond motifs is 1. The molecule has 13 nitrogen and oxygen atoms in total. The van der Waals surface area contributed by atoms with E-state index in [2.05, 4.69) is 16.0 Å². The van der Waals surface area contributed by atoms with Crippen molar-refractivity contribution in [2.24, 2.45) is 0 Å². The molecular formula is C37H47N3O10. The summed E-state index contributed by atoms with van der Waals surface area (Å²) >= 11 is 0. The van der Waals surface area contributed by atoms with E-state index in [0.717, 1.165) is 43.1 Å². The highest BCUT2D eigenvalue weighted by Crippen LogP contribution is 2.21. The average molecular weight is 694 g/mol. The largest absolute Gasteiger partial charge is 0.511 e. The van der Waals surface area contributed by atoms with Crippen LogP contribution in [0.3, 0.4) is 0 Å². The van der Waals surface area contributed by atoms with Crippen LogP contribution in [0.2, 0.25) is 0 Å². The fourth-order valence-electron chi connectivity index (χ4n) is 5.52. The second-order valence-corrected chi connectivity index (χ2v) is 12.2. The monoisotopic (exact) mass is 693 g/mol. The fourth-order valence-corrected chi connectivity index (χ4v) is 5.52. The minimum atomic E-state index is -1.06. The van der Waals surface area contributed by atoms with Crippen molar-refractivity contribution in [2.45, 2.75) is 103 Å². The van der Waals surface area contributed by atoms with Gasteiger partial charge in [0.05, 0.1) is 0 Å². The molecule has 3 N–H and O–H groups in total. The summed E-state index contributed by atoms with van der Waals surface area (Å²) in [5, 5.41) is 9.04. The Balaban J connectivity index is 1.15. The van der Waals surface area contributed by atoms with Gasteiger partial charge in [-0.25, -0.2) is 9.59 Å². The molecule has 0 radical (unpaired) electrons. The van der Waals surface area contributed by atoms with Crippen molar-refractivity contribution in [3.05, 3.63) is 72.0 Å². The van der Waals surface area contributed by atoms with Crippen LogP contribution >= 0.6 is 0 Å². The predicted octanol–water partition coefficient (Wildman–Crippen LogP) is 6.29. The summed E-state index contributed by atoms with van der Waals surface area (Å²) in [5.74, 6) is -1.33. The normalized spacial score (nSPS) is 14.2. The Kier molecular flexibility index (Phi) is 15.4. The van der Waals surface area contributed by atoms with E-state index in [9.17, 15) is 24.0 Å². The Labute approximate surface area is 291 Å². The van der Waals surface area contributed by atoms with Crippen LogP contribution in [0.5, 0.6) is 0 Å². The maximum Gasteiger partial charge on any atom is 0.511 e. The maximum atomic E-state index is 13.2. The SMILES string of the molecule is CC(OC(=O)CCCCCNC(=O)[C@H](CCCNC(=O)OCc1ccccc1)NC(=O)c1cc2ccccc2o1)OC(=O)OC1CCCCC1. The Morgan fingerprint density at radius 1 is 0.840 bits per heavy atom. The number of hydrogen-bond acceptors (Lipinski definition) is 10. The van der Waals surface area contributed by atoms with Gasteiger partial charge in [0.15, 0.2) is 5.76 Å². The quantitative estimate of drug-likeness (QED) is 0.0595. The molecule has 1 aromatic heterocycles. The summed E-state index contributed by atoms with van der Waals surface area (Å²) in [4.78, 5) is 62.5. The number of rotatable bonds is 18. The number of carbonyl (C=O) groups is 5. The number of amides is 3. The predicted molar refractivity (Wildman–Crippen MR) is 183 cm³/mol. The number of hydrogen-bond donors (Lipinski definition) is 3. The molecule has 2 atom stereocenters. The number of alkyl carbamates (subject to hydrolysis) is 1. The fraction of sp³-hybridized carbons (Fsp3) is 0.486. The molecule has 1 fully saturated rings. The van der Waals surface area contributed by atoms with Crippen molar-refractivity contribution in [3.8, 4) is 0 Å². The number of furan rings is 1. The van der Waals surface area contributed by atoms with Gasteiger partial charge in [0, 0.05) is 31.8 Å². The van der Waals surface area contributed by atoms with Crippen molar-refractivity contribution in [3.63, 3.8) is 0 Å². The van der Waals surface area contributed by atoms with Crippen LogP contribution in [0, 0.1) is 0 Å². The van der Waals surface area contributed by atoms with Gasteiger partial charge in [-0.1, -0.05) is 61.4 Å². The number of esters is 1. The van der Waals surface area contributed by atoms with Crippen molar-refractivity contribution < 1.29 is 47.3 Å². The van der Waals surface area contributed by atoms with Gasteiger partial charge in [-0.2, -0.15) is 0 Å². The van der Waals surface area contributed by atoms with Crippen LogP contribution in [-0.4, -0.2) is 61.6 Å². The van der Waals surface area contributed by atoms with Crippen LogP contribution < -0.4 is 16.0 Å². The molecule has 4 rings (SSSR count). The molecule has 0 spiro atoms. The standard InChI is InChI=1S/C37H47N3O10/c1-26(48-37(45)49-29-17-7-3-8-18-29)47-33(41)21-9-4-12-22-38-34(42)30(40-35(43)32-24-28-16-10-11-20-31(28)50-32)19-13-23-39-36(44)46-25-27-14-5-2-6-15-27/h2,5-6,10-11,14-16,20,24,26,29-30H,3-4,7-9,12-13,17-19,21-23,25H2,1H3,(H,38,42)(H,39,44)(H,40,43)/t26?,30-/m0/s1. The smallest absolute Gasteiger partial charge is 0.451 e. The Morgan fingerprint density at radius 3 is 2.36 bits per heavy atom. The van der Waals surface area contributed by atoms with Gasteiger partial charge in [0.25, 0.3) is 5.91 Å². The first-order valence-corrected chi connectivity index (χ1v) is 17.4. The second-order valence-electron chi connectivity index (χ2n) is 12.2. The van der Waals surface area contributed by atoms with Gasteiger partial charge in [-0.05, 0) is 69.1 Å². The topological polar surface area (TPSA) is 172 Å². The minimum absolute atomic E-state index is 0.0827. The molecule has 50 heavy (non-hydrogen) atoms. The molecule has 1 aliphatic rings. The number of benzene rings is 2. The zero-order chi connectivity index (χ0) is 35.6. The summed E-state index contributed by atoms with van der Waals surface area (Å²) in [7, 11) is 0. The summed E-state index contributed by atoms with van der Waals surface area (Å²) < 4.78 is 26.4. The third-order valence-electron chi connectivity index (χ3n) is 8.15. The first kappa shape index (κ1) is 37.7. The molecule has 2 aromatic carbocycles. The van der Waals surface area contributed by atoms with Gasteiger partial charge in [0.1, 0.15) is 24.3 Å². The van der Waals surface area contributed by atoms with E-state index in [1.54, 1.807) is 18.2 Å². The van der Waals surface area contributed by atoms with E-state index in [1.807, 2.05) is 42.5 Å². The Hall–Kier alpha value is -5.07. The molecule has 1 aliphatic carbocycles. The molecule has 3 aromatic rings. The van der Waals surface area contributed by atoms with Crippen molar-refractivity contribution in [1.29, 1.82) is 0 Å². The lowest BCUT2D eigenvalue weighted by molar-refractivity contribution is -0.169. The third kappa shape index (κ3) is 13.4. The van der Waals surface area contributed by atoms with Gasteiger partial charge in [0.2, 0.25) is 12.2 Å². The maximum absolute atomic E-state index is 13.2. The summed E-state index contributed by atoms with van der Waals surface area (Å²) in [6.07, 6.45) is 4.63. The van der Waals surface area contributed by atoms with Gasteiger partial charge >= 0.3 is 18.2 Å². The van der Waals surface area contributed by atoms with E-state index in [1.165, 1.54) is 6.92 Å². The van der Waals surface area contributed by atoms with Crippen molar-refractivity contribution in [1.82, 2.24) is 16.0 Å².